The van der Waals surface area contributed by atoms with E-state index in [4.69, 9.17) is 26.4 Å². The van der Waals surface area contributed by atoms with E-state index in [-0.39, 0.29) is 5.75 Å². The molecule has 0 aliphatic carbocycles. The zero-order valence-electron chi connectivity index (χ0n) is 15.1. The second kappa shape index (κ2) is 7.74. The Kier molecular flexibility index (Phi) is 5.20. The molecule has 147 valence electrons. The van der Waals surface area contributed by atoms with Crippen molar-refractivity contribution >= 4 is 65.0 Å². The number of fused-ring (bicyclic) bond motifs is 6. The van der Waals surface area contributed by atoms with Gasteiger partial charge in [0.15, 0.2) is 0 Å². The molecule has 0 aromatic heterocycles. The molecule has 5 rings (SSSR count). The number of carbonyl (C=O) groups is 1. The number of phenols is 1. The van der Waals surface area contributed by atoms with Gasteiger partial charge < -0.3 is 0 Å². The van der Waals surface area contributed by atoms with E-state index in [1.807, 2.05) is 18.2 Å². The van der Waals surface area contributed by atoms with Crippen molar-refractivity contribution in [3.63, 3.8) is 0 Å². The van der Waals surface area contributed by atoms with Gasteiger partial charge in [-0.1, -0.05) is 6.07 Å². The van der Waals surface area contributed by atoms with Crippen LogP contribution in [0.15, 0.2) is 60.7 Å². The molecule has 0 saturated heterocycles. The molecule has 3 radical (unpaired) electrons. The molecule has 3 aromatic carbocycles. The molecule has 1 atom stereocenters. The van der Waals surface area contributed by atoms with E-state index >= 15 is 0 Å². The Labute approximate surface area is 199 Å². The summed E-state index contributed by atoms with van der Waals surface area (Å²) in [6.07, 6.45) is 0. The molecule has 30 heavy (non-hydrogen) atoms. The molecule has 9 heteroatoms. The first-order chi connectivity index (χ1) is 14.5. The molecule has 1 unspecified atom stereocenters. The number of carbonyl (C=O) groups excluding carboxylic acids is 1. The Morgan fingerprint density at radius 1 is 1.03 bits per heavy atom. The third-order valence-electron chi connectivity index (χ3n) is 4.98. The normalized spacial score (nSPS) is 18.1. The summed E-state index contributed by atoms with van der Waals surface area (Å²) in [5.74, 6) is 1.06. The van der Waals surface area contributed by atoms with Gasteiger partial charge in [0.25, 0.3) is 0 Å². The van der Waals surface area contributed by atoms with E-state index in [1.165, 1.54) is 16.9 Å². The first-order valence-corrected chi connectivity index (χ1v) is 16.1. The summed E-state index contributed by atoms with van der Waals surface area (Å²) in [7, 11) is 3.04. The second-order valence-electron chi connectivity index (χ2n) is 6.58. The topological polar surface area (TPSA) is 65.0 Å². The average Bonchev–Trinajstić information content (AvgIpc) is 3.01. The fraction of sp³-hybridized carbons (Fsp3) is 0.0476. The van der Waals surface area contributed by atoms with Crippen LogP contribution >= 0.6 is 30.4 Å². The Morgan fingerprint density at radius 2 is 1.77 bits per heavy atom. The predicted molar refractivity (Wildman–Crippen MR) is 121 cm³/mol. The van der Waals surface area contributed by atoms with Crippen molar-refractivity contribution in [3.05, 3.63) is 82.9 Å². The first kappa shape index (κ1) is 20.2. The molecule has 0 saturated carbocycles. The molecule has 0 amide bonds. The Balaban J connectivity index is 1.72. The van der Waals surface area contributed by atoms with Crippen LogP contribution in [-0.4, -0.2) is 39.7 Å². The molecular weight excluding hydrogens is 636 g/mol. The van der Waals surface area contributed by atoms with Crippen molar-refractivity contribution in [2.24, 2.45) is 0 Å². The van der Waals surface area contributed by atoms with Crippen molar-refractivity contribution in [2.45, 2.75) is 5.60 Å². The zero-order chi connectivity index (χ0) is 20.9. The molecule has 2 heterocycles. The summed E-state index contributed by atoms with van der Waals surface area (Å²) in [6, 6.07) is 17.4. The Hall–Kier alpha value is -1.76. The predicted octanol–water partition coefficient (Wildman–Crippen LogP) is 5.09. The number of rotatable bonds is 2. The second-order valence-corrected chi connectivity index (χ2v) is 14.7. The minimum absolute atomic E-state index is 0.0547. The molecule has 5 nitrogen and oxygen atoms in total. The van der Waals surface area contributed by atoms with E-state index in [0.29, 0.717) is 38.3 Å². The van der Waals surface area contributed by atoms with Crippen LogP contribution in [0.2, 0.25) is 0 Å². The van der Waals surface area contributed by atoms with E-state index in [2.05, 4.69) is 0 Å². The molecule has 3 aromatic rings. The number of esters is 1. The summed E-state index contributed by atoms with van der Waals surface area (Å²) in [5.41, 5.74) is 1.41. The maximum absolute atomic E-state index is 12.8. The maximum atomic E-state index is 12.8. The summed E-state index contributed by atoms with van der Waals surface area (Å²) in [4.78, 5) is 12.8. The van der Waals surface area contributed by atoms with Gasteiger partial charge >= 0.3 is 195 Å². The van der Waals surface area contributed by atoms with E-state index in [9.17, 15) is 9.90 Å². The van der Waals surface area contributed by atoms with Crippen LogP contribution in [-0.2, 0) is 10.3 Å². The fourth-order valence-corrected chi connectivity index (χ4v) is 9.52. The molecular formula is C21H11O5PbS3. The van der Waals surface area contributed by atoms with Crippen LogP contribution in [0.3, 0.4) is 0 Å². The van der Waals surface area contributed by atoms with E-state index < -0.39 is 11.6 Å². The standard InChI is InChI=1S/C21H12O5S3.Pb/c22-11-5-7-15-17(9-11)25-18-10-12(24-20(27)29-28)6-8-16(18)21(15)14-4-2-1-3-13(14)19(23)26-21;/h1-10,22,28H;/q;+1/p-1. The number of thiocarbonyl (C=S) groups is 1. The summed E-state index contributed by atoms with van der Waals surface area (Å²) in [6.45, 7) is 0. The third kappa shape index (κ3) is 3.12. The van der Waals surface area contributed by atoms with Crippen molar-refractivity contribution in [3.8, 4) is 23.0 Å². The molecule has 2 aliphatic heterocycles. The average molecular weight is 647 g/mol. The van der Waals surface area contributed by atoms with Crippen LogP contribution in [0.1, 0.15) is 27.0 Å². The van der Waals surface area contributed by atoms with Gasteiger partial charge in [-0.3, -0.25) is 0 Å². The van der Waals surface area contributed by atoms with Gasteiger partial charge in [0.1, 0.15) is 0 Å². The van der Waals surface area contributed by atoms with E-state index in [1.54, 1.807) is 43.7 Å². The number of hydrogen-bond acceptors (Lipinski definition) is 8. The zero-order valence-corrected chi connectivity index (χ0v) is 21.4. The van der Waals surface area contributed by atoms with Crippen LogP contribution in [0, 0.1) is 0 Å². The van der Waals surface area contributed by atoms with Crippen molar-refractivity contribution in [2.75, 3.05) is 0 Å². The van der Waals surface area contributed by atoms with Crippen LogP contribution in [0.4, 0.5) is 0 Å². The van der Waals surface area contributed by atoms with Gasteiger partial charge in [-0.2, -0.15) is 0 Å². The SMILES string of the molecule is O=C1OC2(c3ccc(O)cc3Oc3cc(OC(=S)S[S][Pb])ccc32)c2ccccc21. The monoisotopic (exact) mass is 647 g/mol. The van der Waals surface area contributed by atoms with Crippen molar-refractivity contribution in [1.29, 1.82) is 0 Å². The number of hydrogen-bond donors (Lipinski definition) is 1. The van der Waals surface area contributed by atoms with Gasteiger partial charge in [-0.15, -0.1) is 0 Å². The third-order valence-corrected chi connectivity index (χ3v) is 9.55. The van der Waals surface area contributed by atoms with Crippen LogP contribution in [0.25, 0.3) is 0 Å². The molecule has 0 fully saturated rings. The van der Waals surface area contributed by atoms with Crippen molar-refractivity contribution in [1.82, 2.24) is 0 Å². The summed E-state index contributed by atoms with van der Waals surface area (Å²) < 4.78 is 18.3. The van der Waals surface area contributed by atoms with Crippen LogP contribution < -0.4 is 9.47 Å². The van der Waals surface area contributed by atoms with Crippen molar-refractivity contribution < 1.29 is 24.1 Å². The fourth-order valence-electron chi connectivity index (χ4n) is 3.86. The Bertz CT molecular complexity index is 1210. The van der Waals surface area contributed by atoms with Crippen LogP contribution in [0.5, 0.6) is 23.0 Å². The van der Waals surface area contributed by atoms with Gasteiger partial charge in [0.2, 0.25) is 0 Å². The number of phenolic OH excluding ortho intramolecular Hbond substituents is 1. The summed E-state index contributed by atoms with van der Waals surface area (Å²) >= 11 is 6.18. The quantitative estimate of drug-likeness (QED) is 0.179. The summed E-state index contributed by atoms with van der Waals surface area (Å²) in [5, 5.41) is 10.0. The molecule has 1 spiro atoms. The van der Waals surface area contributed by atoms with Gasteiger partial charge in [0.05, 0.1) is 0 Å². The van der Waals surface area contributed by atoms with E-state index in [0.717, 1.165) is 29.8 Å². The first-order valence-electron chi connectivity index (χ1n) is 8.73. The van der Waals surface area contributed by atoms with Gasteiger partial charge in [-0.25, -0.2) is 0 Å². The Morgan fingerprint density at radius 3 is 2.57 bits per heavy atom. The number of benzene rings is 3. The number of ether oxygens (including phenoxy) is 3. The molecule has 0 bridgehead atoms. The van der Waals surface area contributed by atoms with Gasteiger partial charge in [-0.05, 0) is 0 Å². The molecule has 1 N–H and O–H groups in total. The number of aromatic hydroxyl groups is 1. The molecule has 2 aliphatic rings. The van der Waals surface area contributed by atoms with Gasteiger partial charge in [0, 0.05) is 0 Å². The minimum atomic E-state index is -1.16.